The monoisotopic (exact) mass is 392 g/mol. The van der Waals surface area contributed by atoms with Gasteiger partial charge in [-0.1, -0.05) is 71.9 Å². The largest absolute Gasteiger partial charge is 0.299 e. The normalized spacial score (nSPS) is 44.2. The third-order valence-electron chi connectivity index (χ3n) is 11.1. The molecule has 4 bridgehead atoms. The van der Waals surface area contributed by atoms with E-state index in [0.717, 1.165) is 25.7 Å². The molecule has 1 aromatic rings. The number of carbonyl (C=O) groups excluding carboxylic acids is 2. The number of rotatable bonds is 3. The van der Waals surface area contributed by atoms with Crippen molar-refractivity contribution in [2.24, 2.45) is 45.3 Å². The van der Waals surface area contributed by atoms with Crippen molar-refractivity contribution in [1.82, 2.24) is 0 Å². The van der Waals surface area contributed by atoms with Gasteiger partial charge in [-0.3, -0.25) is 9.59 Å². The summed E-state index contributed by atoms with van der Waals surface area (Å²) in [6.45, 7) is 13.6. The van der Waals surface area contributed by atoms with Crippen molar-refractivity contribution in [3.8, 4) is 0 Å². The second kappa shape index (κ2) is 5.62. The maximum atomic E-state index is 13.9. The highest BCUT2D eigenvalue weighted by Crippen LogP contribution is 2.73. The van der Waals surface area contributed by atoms with Gasteiger partial charge in [0.2, 0.25) is 0 Å². The molecule has 0 heterocycles. The zero-order valence-corrected chi connectivity index (χ0v) is 18.9. The summed E-state index contributed by atoms with van der Waals surface area (Å²) in [4.78, 5) is 27.8. The first kappa shape index (κ1) is 19.5. The summed E-state index contributed by atoms with van der Waals surface area (Å²) in [5.41, 5.74) is 0.761. The molecule has 156 valence electrons. The van der Waals surface area contributed by atoms with E-state index < -0.39 is 0 Å². The lowest BCUT2D eigenvalue weighted by atomic mass is 9.63. The molecule has 4 aliphatic carbocycles. The summed E-state index contributed by atoms with van der Waals surface area (Å²) < 4.78 is 0. The van der Waals surface area contributed by atoms with Gasteiger partial charge in [0.05, 0.1) is 0 Å². The van der Waals surface area contributed by atoms with E-state index in [1.165, 1.54) is 5.56 Å². The molecule has 0 spiro atoms. The van der Waals surface area contributed by atoms with Crippen LogP contribution in [0, 0.1) is 45.3 Å². The molecule has 2 nitrogen and oxygen atoms in total. The summed E-state index contributed by atoms with van der Waals surface area (Å²) in [6, 6.07) is 10.6. The summed E-state index contributed by atoms with van der Waals surface area (Å²) in [6.07, 6.45) is 4.25. The van der Waals surface area contributed by atoms with E-state index in [9.17, 15) is 9.59 Å². The first-order valence-corrected chi connectivity index (χ1v) is 11.6. The van der Waals surface area contributed by atoms with Gasteiger partial charge in [-0.25, -0.2) is 0 Å². The van der Waals surface area contributed by atoms with Crippen molar-refractivity contribution in [2.45, 2.75) is 73.1 Å². The molecule has 6 atom stereocenters. The minimum Gasteiger partial charge on any atom is -0.299 e. The Morgan fingerprint density at radius 2 is 1.14 bits per heavy atom. The number of hydrogen-bond donors (Lipinski definition) is 0. The smallest absolute Gasteiger partial charge is 0.143 e. The fourth-order valence-corrected chi connectivity index (χ4v) is 8.45. The lowest BCUT2D eigenvalue weighted by molar-refractivity contribution is -0.136. The van der Waals surface area contributed by atoms with Gasteiger partial charge in [0.25, 0.3) is 0 Å². The molecule has 0 unspecified atom stereocenters. The molecule has 2 heteroatoms. The van der Waals surface area contributed by atoms with Crippen molar-refractivity contribution in [2.75, 3.05) is 0 Å². The van der Waals surface area contributed by atoms with Crippen LogP contribution in [0.4, 0.5) is 0 Å². The van der Waals surface area contributed by atoms with E-state index in [4.69, 9.17) is 0 Å². The highest BCUT2D eigenvalue weighted by molar-refractivity contribution is 5.96. The lowest BCUT2D eigenvalue weighted by Gasteiger charge is -2.39. The summed E-state index contributed by atoms with van der Waals surface area (Å²) in [5, 5.41) is 0. The molecule has 0 aromatic heterocycles. The Bertz CT molecular complexity index is 827. The topological polar surface area (TPSA) is 34.1 Å². The van der Waals surface area contributed by atoms with Crippen LogP contribution in [0.1, 0.15) is 78.7 Å². The Kier molecular flexibility index (Phi) is 3.78. The third kappa shape index (κ3) is 2.04. The van der Waals surface area contributed by atoms with Gasteiger partial charge in [0, 0.05) is 28.6 Å². The second-order valence-electron chi connectivity index (χ2n) is 12.1. The first-order valence-electron chi connectivity index (χ1n) is 11.6. The van der Waals surface area contributed by atoms with Crippen molar-refractivity contribution in [3.05, 3.63) is 35.9 Å². The Morgan fingerprint density at radius 1 is 0.724 bits per heavy atom. The fourth-order valence-electron chi connectivity index (χ4n) is 8.45. The number of fused-ring (bicyclic) bond motifs is 4. The summed E-state index contributed by atoms with van der Waals surface area (Å²) in [5.74, 6) is 1.64. The third-order valence-corrected chi connectivity index (χ3v) is 11.1. The van der Waals surface area contributed by atoms with Crippen LogP contribution in [0.3, 0.4) is 0 Å². The van der Waals surface area contributed by atoms with Crippen LogP contribution >= 0.6 is 0 Å². The van der Waals surface area contributed by atoms with Gasteiger partial charge < -0.3 is 0 Å². The molecule has 29 heavy (non-hydrogen) atoms. The SMILES string of the molecule is CC1(C)[C@@H]2CC[C@@]1(C)C(=O)[C@H]2C(c1ccccc1)[C@@H]1C(=O)[C@]2(C)CC[C@H]1C2(C)C. The molecule has 4 saturated carbocycles. The zero-order chi connectivity index (χ0) is 21.0. The molecule has 0 radical (unpaired) electrons. The van der Waals surface area contributed by atoms with E-state index in [2.05, 4.69) is 65.8 Å². The Morgan fingerprint density at radius 3 is 1.48 bits per heavy atom. The van der Waals surface area contributed by atoms with Crippen molar-refractivity contribution in [1.29, 1.82) is 0 Å². The Labute approximate surface area is 175 Å². The van der Waals surface area contributed by atoms with E-state index in [1.54, 1.807) is 0 Å². The van der Waals surface area contributed by atoms with E-state index >= 15 is 0 Å². The number of hydrogen-bond acceptors (Lipinski definition) is 2. The molecule has 5 rings (SSSR count). The molecule has 4 fully saturated rings. The molecule has 0 N–H and O–H groups in total. The summed E-state index contributed by atoms with van der Waals surface area (Å²) in [7, 11) is 0. The second-order valence-corrected chi connectivity index (χ2v) is 12.1. The molecule has 0 amide bonds. The maximum Gasteiger partial charge on any atom is 0.143 e. The summed E-state index contributed by atoms with van der Waals surface area (Å²) >= 11 is 0. The highest BCUT2D eigenvalue weighted by Gasteiger charge is 2.72. The predicted octanol–water partition coefficient (Wildman–Crippen LogP) is 6.05. The highest BCUT2D eigenvalue weighted by atomic mass is 16.1. The maximum absolute atomic E-state index is 13.9. The minimum atomic E-state index is -0.241. The Balaban J connectivity index is 1.66. The van der Waals surface area contributed by atoms with Crippen LogP contribution in [0.25, 0.3) is 0 Å². The number of Topliss-reactive ketones (excluding diaryl/α,β-unsaturated/α-hetero) is 2. The average Bonchev–Trinajstić information content (AvgIpc) is 3.16. The molecule has 1 aromatic carbocycles. The molecule has 0 saturated heterocycles. The van der Waals surface area contributed by atoms with Crippen molar-refractivity contribution < 1.29 is 9.59 Å². The van der Waals surface area contributed by atoms with Gasteiger partial charge in [-0.2, -0.15) is 0 Å². The van der Waals surface area contributed by atoms with Crippen LogP contribution in [0.15, 0.2) is 30.3 Å². The predicted molar refractivity (Wildman–Crippen MR) is 115 cm³/mol. The molecular formula is C27H36O2. The number of carbonyl (C=O) groups is 2. The average molecular weight is 393 g/mol. The van der Waals surface area contributed by atoms with Crippen LogP contribution in [-0.4, -0.2) is 11.6 Å². The van der Waals surface area contributed by atoms with Gasteiger partial charge in [-0.05, 0) is 53.9 Å². The standard InChI is InChI=1S/C27H36O2/c1-24(2)17-12-14-26(24,5)22(28)20(17)19(16-10-8-7-9-11-16)21-18-13-15-27(6,23(21)29)25(18,3)4/h7-11,17-21H,12-15H2,1-6H3/t17-,18-,20-,21-,26+,27+/m1/s1. The van der Waals surface area contributed by atoms with Crippen LogP contribution < -0.4 is 0 Å². The fraction of sp³-hybridized carbons (Fsp3) is 0.704. The molecule has 4 aliphatic rings. The van der Waals surface area contributed by atoms with Crippen LogP contribution in [0.2, 0.25) is 0 Å². The van der Waals surface area contributed by atoms with E-state index in [-0.39, 0.29) is 39.4 Å². The van der Waals surface area contributed by atoms with Crippen molar-refractivity contribution >= 4 is 11.6 Å². The minimum absolute atomic E-state index is 0.0150. The molecular weight excluding hydrogens is 356 g/mol. The zero-order valence-electron chi connectivity index (χ0n) is 18.9. The van der Waals surface area contributed by atoms with Gasteiger partial charge in [0.15, 0.2) is 0 Å². The van der Waals surface area contributed by atoms with Gasteiger partial charge in [0.1, 0.15) is 11.6 Å². The van der Waals surface area contributed by atoms with Gasteiger partial charge in [-0.15, -0.1) is 0 Å². The first-order chi connectivity index (χ1) is 13.5. The van der Waals surface area contributed by atoms with Gasteiger partial charge >= 0.3 is 0 Å². The van der Waals surface area contributed by atoms with E-state index in [1.807, 2.05) is 6.07 Å². The van der Waals surface area contributed by atoms with Crippen LogP contribution in [-0.2, 0) is 9.59 Å². The number of benzene rings is 1. The van der Waals surface area contributed by atoms with E-state index in [0.29, 0.717) is 23.4 Å². The van der Waals surface area contributed by atoms with Crippen molar-refractivity contribution in [3.63, 3.8) is 0 Å². The molecule has 0 aliphatic heterocycles. The lowest BCUT2D eigenvalue weighted by Crippen LogP contribution is -2.41. The quantitative estimate of drug-likeness (QED) is 0.627. The number of ketones is 2. The van der Waals surface area contributed by atoms with Crippen LogP contribution in [0.5, 0.6) is 0 Å². The Hall–Kier alpha value is -1.44.